The highest BCUT2D eigenvalue weighted by Crippen LogP contribution is 2.36. The predicted octanol–water partition coefficient (Wildman–Crippen LogP) is 1.86. The Morgan fingerprint density at radius 2 is 0.917 bits per heavy atom. The first kappa shape index (κ1) is 14.3. The molecule has 0 aromatic rings. The zero-order chi connectivity index (χ0) is 9.50. The number of rotatable bonds is 0. The summed E-state index contributed by atoms with van der Waals surface area (Å²) in [5, 5.41) is 0. The van der Waals surface area contributed by atoms with Gasteiger partial charge in [0.1, 0.15) is 0 Å². The van der Waals surface area contributed by atoms with Gasteiger partial charge < -0.3 is 0 Å². The lowest BCUT2D eigenvalue weighted by Crippen LogP contribution is -2.36. The van der Waals surface area contributed by atoms with Crippen LogP contribution in [0.2, 0.25) is 0 Å². The molecule has 0 rings (SSSR count). The molecule has 0 atom stereocenters. The lowest BCUT2D eigenvalue weighted by molar-refractivity contribution is -0.0881. The van der Waals surface area contributed by atoms with E-state index in [0.717, 1.165) is 0 Å². The maximum absolute atomic E-state index is 11.0. The second-order valence-electron chi connectivity index (χ2n) is 1.39. The molecule has 0 aromatic heterocycles. The molecular formula is C2HClF6O2S. The molecule has 0 bridgehead atoms. The van der Waals surface area contributed by atoms with Crippen LogP contribution < -0.4 is 0 Å². The van der Waals surface area contributed by atoms with Gasteiger partial charge in [-0.1, -0.05) is 0 Å². The zero-order valence-electron chi connectivity index (χ0n) is 4.90. The monoisotopic (exact) mass is 238 g/mol. The van der Waals surface area contributed by atoms with Crippen LogP contribution in [0.4, 0.5) is 26.3 Å². The quantitative estimate of drug-likeness (QED) is 0.604. The molecule has 0 amide bonds. The number of sulfone groups is 1. The van der Waals surface area contributed by atoms with E-state index in [1.807, 2.05) is 0 Å². The molecule has 0 radical (unpaired) electrons. The van der Waals surface area contributed by atoms with Gasteiger partial charge in [-0.2, -0.15) is 26.3 Å². The molecule has 0 aliphatic carbocycles. The van der Waals surface area contributed by atoms with E-state index in [2.05, 4.69) is 0 Å². The van der Waals surface area contributed by atoms with Crippen LogP contribution in [-0.4, -0.2) is 19.4 Å². The largest absolute Gasteiger partial charge is 0.506 e. The fourth-order valence-corrected chi connectivity index (χ4v) is 0.394. The van der Waals surface area contributed by atoms with Crippen molar-refractivity contribution in [1.82, 2.24) is 0 Å². The molecule has 0 aliphatic rings. The predicted molar refractivity (Wildman–Crippen MR) is 28.3 cm³/mol. The summed E-state index contributed by atoms with van der Waals surface area (Å²) in [6.45, 7) is 0. The number of halogens is 7. The van der Waals surface area contributed by atoms with E-state index in [1.54, 1.807) is 0 Å². The van der Waals surface area contributed by atoms with Gasteiger partial charge in [-0.15, -0.1) is 12.4 Å². The first-order chi connectivity index (χ1) is 4.50. The van der Waals surface area contributed by atoms with E-state index in [1.165, 1.54) is 0 Å². The Balaban J connectivity index is 0. The van der Waals surface area contributed by atoms with E-state index < -0.39 is 20.9 Å². The maximum Gasteiger partial charge on any atom is 0.506 e. The van der Waals surface area contributed by atoms with Gasteiger partial charge in [-0.3, -0.25) is 0 Å². The van der Waals surface area contributed by atoms with Crippen LogP contribution in [0.3, 0.4) is 0 Å². The summed E-state index contributed by atoms with van der Waals surface area (Å²) in [6, 6.07) is 0. The van der Waals surface area contributed by atoms with E-state index in [4.69, 9.17) is 0 Å². The first-order valence-electron chi connectivity index (χ1n) is 1.88. The van der Waals surface area contributed by atoms with Crippen molar-refractivity contribution < 1.29 is 34.8 Å². The fraction of sp³-hybridized carbons (Fsp3) is 1.00. The van der Waals surface area contributed by atoms with Gasteiger partial charge in [0.2, 0.25) is 0 Å². The summed E-state index contributed by atoms with van der Waals surface area (Å²) >= 11 is 0. The van der Waals surface area contributed by atoms with E-state index in [-0.39, 0.29) is 12.4 Å². The fourth-order valence-electron chi connectivity index (χ4n) is 0.131. The van der Waals surface area contributed by atoms with E-state index in [0.29, 0.717) is 0 Å². The third-order valence-electron chi connectivity index (χ3n) is 0.609. The summed E-state index contributed by atoms with van der Waals surface area (Å²) in [6.07, 6.45) is 0. The van der Waals surface area contributed by atoms with E-state index in [9.17, 15) is 34.8 Å². The van der Waals surface area contributed by atoms with Crippen LogP contribution in [0, 0.1) is 0 Å². The SMILES string of the molecule is Cl.O=S(=O)(C(F)(F)F)C(F)(F)F. The van der Waals surface area contributed by atoms with Crippen LogP contribution in [0.25, 0.3) is 0 Å². The van der Waals surface area contributed by atoms with Gasteiger partial charge >= 0.3 is 20.9 Å². The molecule has 0 unspecified atom stereocenters. The van der Waals surface area contributed by atoms with Gasteiger partial charge in [-0.05, 0) is 0 Å². The normalized spacial score (nSPS) is 13.8. The second kappa shape index (κ2) is 3.29. The Morgan fingerprint density at radius 1 is 0.750 bits per heavy atom. The molecule has 0 heterocycles. The van der Waals surface area contributed by atoms with Crippen LogP contribution in [0.15, 0.2) is 0 Å². The van der Waals surface area contributed by atoms with Crippen molar-refractivity contribution in [2.45, 2.75) is 11.0 Å². The molecule has 0 aromatic carbocycles. The molecule has 0 aliphatic heterocycles. The van der Waals surface area contributed by atoms with Crippen molar-refractivity contribution in [3.63, 3.8) is 0 Å². The summed E-state index contributed by atoms with van der Waals surface area (Å²) in [4.78, 5) is 0. The number of alkyl halides is 6. The van der Waals surface area contributed by atoms with Crippen LogP contribution in [-0.2, 0) is 9.84 Å². The molecule has 76 valence electrons. The average molecular weight is 239 g/mol. The standard InChI is InChI=1S/C2F6O2S.ClH/c3-1(4,5)11(9,10)2(6,7)8;/h;1H. The highest BCUT2D eigenvalue weighted by molar-refractivity contribution is 7.93. The Bertz CT molecular complexity index is 215. The smallest absolute Gasteiger partial charge is 0.210 e. The third-order valence-corrected chi connectivity index (χ3v) is 1.83. The molecule has 2 nitrogen and oxygen atoms in total. The molecule has 0 N–H and O–H groups in total. The topological polar surface area (TPSA) is 34.1 Å². The van der Waals surface area contributed by atoms with Gasteiger partial charge in [0.25, 0.3) is 0 Å². The first-order valence-corrected chi connectivity index (χ1v) is 3.36. The minimum Gasteiger partial charge on any atom is -0.210 e. The minimum atomic E-state index is -7.01. The Kier molecular flexibility index (Phi) is 3.93. The molecule has 12 heavy (non-hydrogen) atoms. The van der Waals surface area contributed by atoms with Gasteiger partial charge in [0, 0.05) is 0 Å². The van der Waals surface area contributed by atoms with Crippen molar-refractivity contribution in [2.24, 2.45) is 0 Å². The van der Waals surface area contributed by atoms with Gasteiger partial charge in [-0.25, -0.2) is 8.42 Å². The van der Waals surface area contributed by atoms with E-state index >= 15 is 0 Å². The Morgan fingerprint density at radius 3 is 0.917 bits per heavy atom. The van der Waals surface area contributed by atoms with Crippen molar-refractivity contribution >= 4 is 22.2 Å². The van der Waals surface area contributed by atoms with Crippen molar-refractivity contribution in [1.29, 1.82) is 0 Å². The van der Waals surface area contributed by atoms with Crippen LogP contribution in [0.1, 0.15) is 0 Å². The maximum atomic E-state index is 11.0. The highest BCUT2D eigenvalue weighted by atomic mass is 35.5. The summed E-state index contributed by atoms with van der Waals surface area (Å²) in [7, 11) is -7.01. The molecule has 0 saturated carbocycles. The summed E-state index contributed by atoms with van der Waals surface area (Å²) in [5.74, 6) is 0. The molecule has 0 spiro atoms. The van der Waals surface area contributed by atoms with Crippen molar-refractivity contribution in [3.05, 3.63) is 0 Å². The molecule has 10 heteroatoms. The number of hydrogen-bond donors (Lipinski definition) is 0. The molecule has 0 fully saturated rings. The summed E-state index contributed by atoms with van der Waals surface area (Å²) < 4.78 is 85.0. The third kappa shape index (κ3) is 2.41. The Labute approximate surface area is 68.9 Å². The molecular weight excluding hydrogens is 238 g/mol. The lowest BCUT2D eigenvalue weighted by Gasteiger charge is -2.09. The summed E-state index contributed by atoms with van der Waals surface area (Å²) in [5.41, 5.74) is -12.5. The molecule has 0 saturated heterocycles. The average Bonchev–Trinajstić information content (AvgIpc) is 1.58. The van der Waals surface area contributed by atoms with Crippen molar-refractivity contribution in [2.75, 3.05) is 0 Å². The van der Waals surface area contributed by atoms with Gasteiger partial charge in [0.15, 0.2) is 0 Å². The highest BCUT2D eigenvalue weighted by Gasteiger charge is 2.63. The van der Waals surface area contributed by atoms with Crippen molar-refractivity contribution in [3.8, 4) is 0 Å². The van der Waals surface area contributed by atoms with Crippen LogP contribution in [0.5, 0.6) is 0 Å². The lowest BCUT2D eigenvalue weighted by atomic mass is 11.5. The van der Waals surface area contributed by atoms with Crippen LogP contribution >= 0.6 is 12.4 Å². The minimum absolute atomic E-state index is 0. The zero-order valence-corrected chi connectivity index (χ0v) is 6.53. The second-order valence-corrected chi connectivity index (χ2v) is 3.33. The van der Waals surface area contributed by atoms with Gasteiger partial charge in [0.05, 0.1) is 0 Å². The number of hydrogen-bond acceptors (Lipinski definition) is 2. The Hall–Kier alpha value is -0.180.